The van der Waals surface area contributed by atoms with Gasteiger partial charge in [0.15, 0.2) is 5.69 Å². The van der Waals surface area contributed by atoms with Crippen molar-refractivity contribution in [3.63, 3.8) is 0 Å². The highest BCUT2D eigenvalue weighted by Gasteiger charge is 2.49. The van der Waals surface area contributed by atoms with Crippen LogP contribution in [0.5, 0.6) is 11.6 Å². The van der Waals surface area contributed by atoms with Gasteiger partial charge in [-0.2, -0.15) is 8.78 Å². The quantitative estimate of drug-likeness (QED) is 0.471. The van der Waals surface area contributed by atoms with Gasteiger partial charge < -0.3 is 34.0 Å². The van der Waals surface area contributed by atoms with Crippen molar-refractivity contribution in [2.24, 2.45) is 17.3 Å². The number of nitrogens with one attached hydrogen (secondary N) is 1. The van der Waals surface area contributed by atoms with Gasteiger partial charge in [-0.3, -0.25) is 4.79 Å². The van der Waals surface area contributed by atoms with Crippen molar-refractivity contribution >= 4 is 29.3 Å². The Morgan fingerprint density at radius 2 is 1.91 bits per heavy atom. The molecule has 3 heterocycles. The van der Waals surface area contributed by atoms with Crippen LogP contribution in [0.4, 0.5) is 13.6 Å². The number of nitrogens with zero attached hydrogens (tertiary/aromatic N) is 3. The minimum atomic E-state index is -3.59. The van der Waals surface area contributed by atoms with Gasteiger partial charge in [-0.1, -0.05) is 27.7 Å². The fourth-order valence-electron chi connectivity index (χ4n) is 6.63. The van der Waals surface area contributed by atoms with Crippen LogP contribution in [0.15, 0.2) is 18.2 Å². The van der Waals surface area contributed by atoms with Gasteiger partial charge in [0, 0.05) is 24.5 Å². The molecule has 1 aliphatic carbocycles. The number of fused-ring (bicyclic) bond motifs is 5. The lowest BCUT2D eigenvalue weighted by molar-refractivity contribution is -0.139. The van der Waals surface area contributed by atoms with Crippen LogP contribution in [0.1, 0.15) is 66.0 Å². The number of hydrogen-bond donors (Lipinski definition) is 1. The third-order valence-electron chi connectivity index (χ3n) is 9.42. The molecule has 2 fully saturated rings. The molecular formula is C32H42F2N4O7. The molecule has 1 saturated heterocycles. The second-order valence-corrected chi connectivity index (χ2v) is 13.6. The summed E-state index contributed by atoms with van der Waals surface area (Å²) in [6.07, 6.45) is 1.50. The highest BCUT2D eigenvalue weighted by molar-refractivity contribution is 5.89. The van der Waals surface area contributed by atoms with Crippen LogP contribution < -0.4 is 14.8 Å². The Labute approximate surface area is 261 Å². The first-order valence-electron chi connectivity index (χ1n) is 15.4. The normalized spacial score (nSPS) is 31.1. The maximum Gasteiger partial charge on any atom is 0.408 e. The number of halogens is 2. The van der Waals surface area contributed by atoms with E-state index in [1.165, 1.54) is 18.1 Å². The van der Waals surface area contributed by atoms with Gasteiger partial charge in [-0.15, -0.1) is 0 Å². The first kappa shape index (κ1) is 32.8. The fraction of sp³-hybridized carbons (Fsp3) is 0.656. The summed E-state index contributed by atoms with van der Waals surface area (Å²) >= 11 is 0. The average Bonchev–Trinajstić information content (AvgIpc) is 3.49. The van der Waals surface area contributed by atoms with Crippen LogP contribution in [0, 0.1) is 17.3 Å². The number of carbonyl (C=O) groups is 3. The van der Waals surface area contributed by atoms with E-state index in [4.69, 9.17) is 18.9 Å². The molecule has 2 bridgehead atoms. The third kappa shape index (κ3) is 6.54. The Morgan fingerprint density at radius 3 is 2.60 bits per heavy atom. The van der Waals surface area contributed by atoms with E-state index < -0.39 is 71.2 Å². The molecular weight excluding hydrogens is 590 g/mol. The van der Waals surface area contributed by atoms with Gasteiger partial charge in [0.05, 0.1) is 30.7 Å². The monoisotopic (exact) mass is 632 g/mol. The Morgan fingerprint density at radius 1 is 1.16 bits per heavy atom. The Kier molecular flexibility index (Phi) is 8.96. The van der Waals surface area contributed by atoms with Crippen molar-refractivity contribution in [2.45, 2.75) is 90.0 Å². The molecule has 1 aromatic heterocycles. The number of hydrogen-bond acceptors (Lipinski definition) is 9. The standard InChI is InChI=1S/C32H42F2N4O7/c1-18-23(16-39)38-15-24(18)44-27-25(35-21-10-9-20(42-6)14-22(21)36-27)32(33,34)17-43-13-11-19-8-7-12-31(19,5)45-29(41)37-26(28(38)40)30(2,3)4/h9-10,14,16,18-19,23-24,26H,7-8,11-13,15,17H2,1-6H3,(H,37,41)/t18-,19-,23+,24-,26+,31+/m0/s1. The van der Waals surface area contributed by atoms with E-state index in [1.54, 1.807) is 39.8 Å². The maximum atomic E-state index is 15.9. The van der Waals surface area contributed by atoms with E-state index in [9.17, 15) is 14.4 Å². The number of benzene rings is 1. The third-order valence-corrected chi connectivity index (χ3v) is 9.42. The van der Waals surface area contributed by atoms with Crippen molar-refractivity contribution < 1.29 is 42.1 Å². The van der Waals surface area contributed by atoms with E-state index in [0.717, 1.165) is 12.8 Å². The Bertz CT molecular complexity index is 1450. The molecule has 2 aromatic rings. The van der Waals surface area contributed by atoms with Crippen molar-refractivity contribution in [1.82, 2.24) is 20.2 Å². The molecule has 246 valence electrons. The highest BCUT2D eigenvalue weighted by atomic mass is 19.3. The van der Waals surface area contributed by atoms with Crippen LogP contribution in [-0.4, -0.2) is 83.8 Å². The van der Waals surface area contributed by atoms with Gasteiger partial charge in [-0.05, 0) is 50.2 Å². The van der Waals surface area contributed by atoms with E-state index in [2.05, 4.69) is 15.3 Å². The molecule has 0 radical (unpaired) electrons. The molecule has 2 aliphatic heterocycles. The summed E-state index contributed by atoms with van der Waals surface area (Å²) in [4.78, 5) is 49.7. The van der Waals surface area contributed by atoms with Crippen molar-refractivity contribution in [3.05, 3.63) is 23.9 Å². The first-order valence-corrected chi connectivity index (χ1v) is 15.4. The number of ether oxygens (including phenoxy) is 4. The molecule has 11 nitrogen and oxygen atoms in total. The summed E-state index contributed by atoms with van der Waals surface area (Å²) in [5, 5.41) is 2.77. The number of rotatable bonds is 2. The molecule has 0 unspecified atom stereocenters. The van der Waals surface area contributed by atoms with Gasteiger partial charge in [0.2, 0.25) is 11.8 Å². The maximum absolute atomic E-state index is 15.9. The van der Waals surface area contributed by atoms with Gasteiger partial charge >= 0.3 is 12.0 Å². The van der Waals surface area contributed by atoms with E-state index in [1.807, 2.05) is 6.92 Å². The lowest BCUT2D eigenvalue weighted by atomic mass is 9.85. The predicted octanol–water partition coefficient (Wildman–Crippen LogP) is 4.64. The summed E-state index contributed by atoms with van der Waals surface area (Å²) in [7, 11) is 1.48. The molecule has 2 amide bonds. The zero-order valence-corrected chi connectivity index (χ0v) is 26.6. The summed E-state index contributed by atoms with van der Waals surface area (Å²) in [6.45, 7) is 7.86. The van der Waals surface area contributed by atoms with Crippen LogP contribution in [0.25, 0.3) is 11.0 Å². The number of aromatic nitrogens is 2. The largest absolute Gasteiger partial charge is 0.497 e. The number of alkyl carbamates (subject to hydrolysis) is 1. The summed E-state index contributed by atoms with van der Waals surface area (Å²) < 4.78 is 54.7. The number of amides is 2. The minimum absolute atomic E-state index is 0.00790. The molecule has 0 spiro atoms. The molecule has 6 atom stereocenters. The topological polar surface area (TPSA) is 129 Å². The van der Waals surface area contributed by atoms with Gasteiger partial charge in [0.1, 0.15) is 36.4 Å². The number of aldehydes is 1. The smallest absolute Gasteiger partial charge is 0.408 e. The molecule has 5 rings (SSSR count). The molecule has 13 heteroatoms. The number of methoxy groups -OCH3 is 1. The summed E-state index contributed by atoms with van der Waals surface area (Å²) in [5.41, 5.74) is -1.83. The summed E-state index contributed by atoms with van der Waals surface area (Å²) in [6, 6.07) is 2.71. The van der Waals surface area contributed by atoms with Crippen LogP contribution in [-0.2, 0) is 25.0 Å². The number of carbonyl (C=O) groups excluding carboxylic acids is 3. The summed E-state index contributed by atoms with van der Waals surface area (Å²) in [5.74, 6) is -4.78. The minimum Gasteiger partial charge on any atom is -0.497 e. The van der Waals surface area contributed by atoms with Crippen molar-refractivity contribution in [1.29, 1.82) is 0 Å². The zero-order valence-electron chi connectivity index (χ0n) is 26.6. The molecule has 1 saturated carbocycles. The van der Waals surface area contributed by atoms with Gasteiger partial charge in [0.25, 0.3) is 0 Å². The molecule has 45 heavy (non-hydrogen) atoms. The van der Waals surface area contributed by atoms with Crippen LogP contribution in [0.3, 0.4) is 0 Å². The predicted molar refractivity (Wildman–Crippen MR) is 159 cm³/mol. The lowest BCUT2D eigenvalue weighted by Crippen LogP contribution is -2.57. The second kappa shape index (κ2) is 12.3. The fourth-order valence-corrected chi connectivity index (χ4v) is 6.63. The number of alkyl halides is 2. The highest BCUT2D eigenvalue weighted by Crippen LogP contribution is 2.42. The van der Waals surface area contributed by atoms with E-state index in [0.29, 0.717) is 24.9 Å². The Balaban J connectivity index is 1.58. The van der Waals surface area contributed by atoms with Crippen molar-refractivity contribution in [2.75, 3.05) is 26.9 Å². The van der Waals surface area contributed by atoms with E-state index >= 15 is 8.78 Å². The lowest BCUT2D eigenvalue weighted by Gasteiger charge is -2.37. The van der Waals surface area contributed by atoms with Gasteiger partial charge in [-0.25, -0.2) is 14.8 Å². The molecule has 1 N–H and O–H groups in total. The van der Waals surface area contributed by atoms with Crippen molar-refractivity contribution in [3.8, 4) is 11.6 Å². The molecule has 1 aromatic carbocycles. The average molecular weight is 633 g/mol. The van der Waals surface area contributed by atoms with Crippen LogP contribution >= 0.6 is 0 Å². The Hall–Kier alpha value is -3.61. The zero-order chi connectivity index (χ0) is 32.7. The first-order chi connectivity index (χ1) is 21.2. The van der Waals surface area contributed by atoms with E-state index in [-0.39, 0.29) is 30.1 Å². The molecule has 3 aliphatic rings. The van der Waals surface area contributed by atoms with Crippen LogP contribution in [0.2, 0.25) is 0 Å². The second-order valence-electron chi connectivity index (χ2n) is 13.6. The SMILES string of the molecule is COc1ccc2nc3c(nc2c1)O[C@H]1CN(C(=O)[C@H](C(C)(C)C)NC(=O)O[C@]2(C)CCC[C@H]2CCOCC3(F)F)[C@H](C=O)[C@@H]1C.